The second-order valence-electron chi connectivity index (χ2n) is 5.32. The van der Waals surface area contributed by atoms with Gasteiger partial charge >= 0.3 is 6.18 Å². The number of halogens is 3. The quantitative estimate of drug-likeness (QED) is 0.704. The van der Waals surface area contributed by atoms with Gasteiger partial charge in [-0.2, -0.15) is 28.0 Å². The van der Waals surface area contributed by atoms with Crippen molar-refractivity contribution in [3.63, 3.8) is 0 Å². The minimum atomic E-state index is -4.39. The fourth-order valence-corrected chi connectivity index (χ4v) is 3.35. The third-order valence-corrected chi connectivity index (χ3v) is 4.70. The molecule has 1 N–H and O–H groups in total. The van der Waals surface area contributed by atoms with E-state index in [1.165, 1.54) is 41.3 Å². The average Bonchev–Trinajstić information content (AvgIpc) is 3.00. The number of nitrogens with one attached hydrogen (secondary N) is 1. The first kappa shape index (κ1) is 18.1. The summed E-state index contributed by atoms with van der Waals surface area (Å²) in [5, 5.41) is 7.77. The number of hydrogen-bond donors (Lipinski definition) is 1. The van der Waals surface area contributed by atoms with E-state index < -0.39 is 22.8 Å². The number of nitrogens with zero attached hydrogens (tertiary/aromatic N) is 3. The van der Waals surface area contributed by atoms with Crippen molar-refractivity contribution in [2.24, 2.45) is 0 Å². The molecule has 0 bridgehead atoms. The van der Waals surface area contributed by atoms with Crippen LogP contribution in [0.5, 0.6) is 0 Å². The highest BCUT2D eigenvalue weighted by molar-refractivity contribution is 7.93. The topological polar surface area (TPSA) is 85.6 Å². The smallest absolute Gasteiger partial charge is 0.367 e. The van der Waals surface area contributed by atoms with Crippen LogP contribution >= 0.6 is 0 Å². The number of aromatic nitrogens is 3. The summed E-state index contributed by atoms with van der Waals surface area (Å²) < 4.78 is 69.3. The molecule has 0 unspecified atom stereocenters. The Balaban J connectivity index is 1.70. The maximum absolute atomic E-state index is 12.5. The number of sulfonamides is 1. The van der Waals surface area contributed by atoms with Gasteiger partial charge in [-0.05, 0) is 29.8 Å². The largest absolute Gasteiger partial charge is 0.411 e. The molecule has 0 aliphatic heterocycles. The van der Waals surface area contributed by atoms with Crippen LogP contribution in [-0.2, 0) is 21.4 Å². The van der Waals surface area contributed by atoms with Crippen molar-refractivity contribution in [2.45, 2.75) is 17.7 Å². The average molecular weight is 386 g/mol. The molecule has 0 aliphatic carbocycles. The predicted octanol–water partition coefficient (Wildman–Crippen LogP) is 2.61. The van der Waals surface area contributed by atoms with Crippen molar-refractivity contribution in [1.29, 1.82) is 0 Å². The zero-order valence-electron chi connectivity index (χ0n) is 13.1. The third-order valence-electron chi connectivity index (χ3n) is 3.30. The van der Waals surface area contributed by atoms with E-state index in [0.717, 1.165) is 0 Å². The molecule has 26 heavy (non-hydrogen) atoms. The fraction of sp³-hybridized carbons (Fsp3) is 0.200. The molecule has 0 radical (unpaired) electrons. The number of alkyl halides is 3. The Morgan fingerprint density at radius 1 is 1.12 bits per heavy atom. The van der Waals surface area contributed by atoms with E-state index in [0.29, 0.717) is 11.1 Å². The summed E-state index contributed by atoms with van der Waals surface area (Å²) >= 11 is 0. The molecule has 2 heterocycles. The number of fused-ring (bicyclic) bond motifs is 1. The lowest BCUT2D eigenvalue weighted by Gasteiger charge is -2.09. The molecule has 1 aromatic carbocycles. The van der Waals surface area contributed by atoms with Crippen molar-refractivity contribution in [2.75, 3.05) is 11.3 Å². The van der Waals surface area contributed by atoms with E-state index in [-0.39, 0.29) is 17.2 Å². The zero-order chi connectivity index (χ0) is 18.8. The van der Waals surface area contributed by atoms with Crippen LogP contribution in [0.3, 0.4) is 0 Å². The second-order valence-corrected chi connectivity index (χ2v) is 6.97. The molecule has 0 saturated heterocycles. The van der Waals surface area contributed by atoms with E-state index in [1.54, 1.807) is 12.1 Å². The monoisotopic (exact) mass is 386 g/mol. The van der Waals surface area contributed by atoms with Crippen LogP contribution < -0.4 is 4.72 Å². The molecule has 0 atom stereocenters. The Bertz CT molecular complexity index is 1000. The molecule has 2 aromatic heterocycles. The molecular weight excluding hydrogens is 373 g/mol. The van der Waals surface area contributed by atoms with Gasteiger partial charge in [0.15, 0.2) is 0 Å². The van der Waals surface area contributed by atoms with E-state index in [1.807, 2.05) is 0 Å². The van der Waals surface area contributed by atoms with Crippen molar-refractivity contribution >= 4 is 21.2 Å². The van der Waals surface area contributed by atoms with Gasteiger partial charge in [-0.3, -0.25) is 4.72 Å². The van der Waals surface area contributed by atoms with Gasteiger partial charge < -0.3 is 4.74 Å². The lowest BCUT2D eigenvalue weighted by molar-refractivity contribution is -0.176. The lowest BCUT2D eigenvalue weighted by atomic mass is 10.2. The van der Waals surface area contributed by atoms with Gasteiger partial charge in [0.1, 0.15) is 17.0 Å². The van der Waals surface area contributed by atoms with Gasteiger partial charge in [-0.15, -0.1) is 0 Å². The molecule has 0 aliphatic rings. The van der Waals surface area contributed by atoms with Crippen LogP contribution in [0.1, 0.15) is 5.56 Å². The van der Waals surface area contributed by atoms with Crippen molar-refractivity contribution in [3.05, 3.63) is 54.4 Å². The third kappa shape index (κ3) is 4.29. The maximum Gasteiger partial charge on any atom is 0.411 e. The Labute approximate surface area is 146 Å². The van der Waals surface area contributed by atoms with Gasteiger partial charge in [0.05, 0.1) is 12.8 Å². The summed E-state index contributed by atoms with van der Waals surface area (Å²) in [6.07, 6.45) is -1.73. The minimum absolute atomic E-state index is 0.0387. The molecule has 0 saturated carbocycles. The van der Waals surface area contributed by atoms with Crippen molar-refractivity contribution < 1.29 is 26.3 Å². The summed E-state index contributed by atoms with van der Waals surface area (Å²) in [7, 11) is -3.90. The molecular formula is C15H13F3N4O3S. The molecule has 3 aromatic rings. The molecule has 7 nitrogen and oxygen atoms in total. The Hall–Kier alpha value is -2.66. The number of hydrogen-bond acceptors (Lipinski definition) is 5. The normalized spacial score (nSPS) is 12.4. The molecule has 0 spiro atoms. The Morgan fingerprint density at radius 2 is 1.85 bits per heavy atom. The minimum Gasteiger partial charge on any atom is -0.367 e. The molecule has 138 valence electrons. The van der Waals surface area contributed by atoms with Crippen LogP contribution in [0.25, 0.3) is 5.52 Å². The van der Waals surface area contributed by atoms with Gasteiger partial charge in [-0.1, -0.05) is 12.1 Å². The van der Waals surface area contributed by atoms with Crippen LogP contribution in [0.4, 0.5) is 18.9 Å². The first-order valence-corrected chi connectivity index (χ1v) is 8.78. The summed E-state index contributed by atoms with van der Waals surface area (Å²) in [5.74, 6) is 0. The second kappa shape index (κ2) is 6.92. The van der Waals surface area contributed by atoms with Gasteiger partial charge in [-0.25, -0.2) is 8.42 Å². The highest BCUT2D eigenvalue weighted by atomic mass is 32.2. The standard InChI is InChI=1S/C15H13F3N4O3S/c16-15(17,18)10-25-9-11-3-5-12(6-4-11)21-26(23,24)14-8-20-22-13(14)2-1-7-19-22/h1-8,21H,9-10H2. The first-order valence-electron chi connectivity index (χ1n) is 7.30. The summed E-state index contributed by atoms with van der Waals surface area (Å²) in [5.41, 5.74) is 1.06. The maximum atomic E-state index is 12.5. The fourth-order valence-electron chi connectivity index (χ4n) is 2.18. The van der Waals surface area contributed by atoms with Gasteiger partial charge in [0, 0.05) is 11.9 Å². The van der Waals surface area contributed by atoms with Crippen molar-refractivity contribution in [3.8, 4) is 0 Å². The van der Waals surface area contributed by atoms with E-state index >= 15 is 0 Å². The highest BCUT2D eigenvalue weighted by Crippen LogP contribution is 2.21. The first-order chi connectivity index (χ1) is 12.2. The van der Waals surface area contributed by atoms with Gasteiger partial charge in [0.2, 0.25) is 0 Å². The molecule has 11 heteroatoms. The van der Waals surface area contributed by atoms with E-state index in [2.05, 4.69) is 19.7 Å². The molecule has 0 fully saturated rings. The summed E-state index contributed by atoms with van der Waals surface area (Å²) in [6.45, 7) is -1.57. The Morgan fingerprint density at radius 3 is 2.54 bits per heavy atom. The summed E-state index contributed by atoms with van der Waals surface area (Å²) in [6, 6.07) is 8.99. The van der Waals surface area contributed by atoms with E-state index in [4.69, 9.17) is 0 Å². The number of rotatable bonds is 6. The van der Waals surface area contributed by atoms with Crippen LogP contribution in [0.2, 0.25) is 0 Å². The highest BCUT2D eigenvalue weighted by Gasteiger charge is 2.27. The number of benzene rings is 1. The summed E-state index contributed by atoms with van der Waals surface area (Å²) in [4.78, 5) is -0.0387. The van der Waals surface area contributed by atoms with Gasteiger partial charge in [0.25, 0.3) is 10.0 Å². The van der Waals surface area contributed by atoms with Crippen LogP contribution in [0.15, 0.2) is 53.7 Å². The predicted molar refractivity (Wildman–Crippen MR) is 85.9 cm³/mol. The zero-order valence-corrected chi connectivity index (χ0v) is 14.0. The Kier molecular flexibility index (Phi) is 4.83. The van der Waals surface area contributed by atoms with Crippen LogP contribution in [0, 0.1) is 0 Å². The number of anilines is 1. The molecule has 3 rings (SSSR count). The molecule has 0 amide bonds. The van der Waals surface area contributed by atoms with E-state index in [9.17, 15) is 21.6 Å². The lowest BCUT2D eigenvalue weighted by Crippen LogP contribution is -2.16. The van der Waals surface area contributed by atoms with Crippen molar-refractivity contribution in [1.82, 2.24) is 14.8 Å². The van der Waals surface area contributed by atoms with Crippen LogP contribution in [-0.4, -0.2) is 36.0 Å². The number of ether oxygens (including phenoxy) is 1. The SMILES string of the molecule is O=S(=O)(Nc1ccc(COCC(F)(F)F)cc1)c1cnn2ncccc12.